The summed E-state index contributed by atoms with van der Waals surface area (Å²) in [6.07, 6.45) is 1.96. The Bertz CT molecular complexity index is 759. The van der Waals surface area contributed by atoms with E-state index in [1.54, 1.807) is 0 Å². The standard InChI is InChI=1S/C21H25NO2/c1-21(2,3)17-8-4-6-14(13-17)15-10-11-18-16(12-15)7-5-9-19(18)22-20(23)24/h4,6,8,10-13,19,22H,5,7,9H2,1-3H3,(H,23,24). The van der Waals surface area contributed by atoms with Crippen LogP contribution >= 0.6 is 0 Å². The zero-order valence-electron chi connectivity index (χ0n) is 14.6. The number of aryl methyl sites for hydroxylation is 1. The summed E-state index contributed by atoms with van der Waals surface area (Å²) in [5, 5.41) is 11.7. The first-order valence-electron chi connectivity index (χ1n) is 8.58. The maximum absolute atomic E-state index is 11.0. The lowest BCUT2D eigenvalue weighted by molar-refractivity contribution is 0.188. The van der Waals surface area contributed by atoms with Crippen LogP contribution in [0.5, 0.6) is 0 Å². The number of amides is 1. The van der Waals surface area contributed by atoms with E-state index in [4.69, 9.17) is 5.11 Å². The fourth-order valence-corrected chi connectivity index (χ4v) is 3.46. The van der Waals surface area contributed by atoms with E-state index in [2.05, 4.69) is 68.6 Å². The quantitative estimate of drug-likeness (QED) is 0.788. The highest BCUT2D eigenvalue weighted by Crippen LogP contribution is 2.34. The topological polar surface area (TPSA) is 49.3 Å². The maximum Gasteiger partial charge on any atom is 0.405 e. The van der Waals surface area contributed by atoms with Gasteiger partial charge in [0.25, 0.3) is 0 Å². The van der Waals surface area contributed by atoms with Gasteiger partial charge in [0, 0.05) is 0 Å². The minimum Gasteiger partial charge on any atom is -0.465 e. The van der Waals surface area contributed by atoms with E-state index in [1.165, 1.54) is 22.3 Å². The summed E-state index contributed by atoms with van der Waals surface area (Å²) in [5.74, 6) is 0. The van der Waals surface area contributed by atoms with Gasteiger partial charge in [-0.2, -0.15) is 0 Å². The van der Waals surface area contributed by atoms with Crippen molar-refractivity contribution >= 4 is 6.09 Å². The number of carbonyl (C=O) groups is 1. The Hall–Kier alpha value is -2.29. The summed E-state index contributed by atoms with van der Waals surface area (Å²) in [7, 11) is 0. The van der Waals surface area contributed by atoms with Crippen molar-refractivity contribution in [2.45, 2.75) is 51.5 Å². The van der Waals surface area contributed by atoms with Crippen molar-refractivity contribution in [2.24, 2.45) is 0 Å². The van der Waals surface area contributed by atoms with Crippen LogP contribution < -0.4 is 5.32 Å². The first kappa shape index (κ1) is 16.6. The first-order chi connectivity index (χ1) is 11.3. The van der Waals surface area contributed by atoms with Gasteiger partial charge in [-0.05, 0) is 52.5 Å². The minimum absolute atomic E-state index is 0.0822. The van der Waals surface area contributed by atoms with Crippen molar-refractivity contribution in [1.82, 2.24) is 5.32 Å². The molecule has 1 aliphatic carbocycles. The molecule has 2 aromatic rings. The second kappa shape index (κ2) is 6.31. The van der Waals surface area contributed by atoms with Crippen LogP contribution in [0.15, 0.2) is 42.5 Å². The third-order valence-electron chi connectivity index (χ3n) is 4.82. The van der Waals surface area contributed by atoms with Gasteiger partial charge in [0.05, 0.1) is 6.04 Å². The summed E-state index contributed by atoms with van der Waals surface area (Å²) in [6, 6.07) is 15.0. The highest BCUT2D eigenvalue weighted by molar-refractivity contribution is 5.68. The van der Waals surface area contributed by atoms with Crippen LogP contribution in [0, 0.1) is 0 Å². The molecule has 0 bridgehead atoms. The van der Waals surface area contributed by atoms with Crippen molar-refractivity contribution in [2.75, 3.05) is 0 Å². The number of hydrogen-bond donors (Lipinski definition) is 2. The van der Waals surface area contributed by atoms with E-state index >= 15 is 0 Å². The molecule has 0 fully saturated rings. The van der Waals surface area contributed by atoms with Crippen molar-refractivity contribution in [3.63, 3.8) is 0 Å². The van der Waals surface area contributed by atoms with Crippen LogP contribution in [0.2, 0.25) is 0 Å². The van der Waals surface area contributed by atoms with Crippen LogP contribution in [0.25, 0.3) is 11.1 Å². The third-order valence-corrected chi connectivity index (χ3v) is 4.82. The molecule has 0 aromatic heterocycles. The Kier molecular flexibility index (Phi) is 4.35. The minimum atomic E-state index is -0.949. The molecule has 2 aromatic carbocycles. The molecule has 0 aliphatic heterocycles. The Balaban J connectivity index is 1.96. The van der Waals surface area contributed by atoms with Gasteiger partial charge in [-0.25, -0.2) is 4.79 Å². The third kappa shape index (κ3) is 3.45. The fraction of sp³-hybridized carbons (Fsp3) is 0.381. The predicted molar refractivity (Wildman–Crippen MR) is 97.4 cm³/mol. The second-order valence-corrected chi connectivity index (χ2v) is 7.64. The largest absolute Gasteiger partial charge is 0.465 e. The summed E-state index contributed by atoms with van der Waals surface area (Å²) >= 11 is 0. The molecule has 2 N–H and O–H groups in total. The fourth-order valence-electron chi connectivity index (χ4n) is 3.46. The molecule has 3 heteroatoms. The molecule has 24 heavy (non-hydrogen) atoms. The number of carboxylic acid groups (broad SMARTS) is 1. The van der Waals surface area contributed by atoms with Gasteiger partial charge in [0.15, 0.2) is 0 Å². The normalized spacial score (nSPS) is 17.2. The molecule has 1 amide bonds. The van der Waals surface area contributed by atoms with E-state index in [1.807, 2.05) is 0 Å². The van der Waals surface area contributed by atoms with E-state index in [9.17, 15) is 4.79 Å². The number of benzene rings is 2. The van der Waals surface area contributed by atoms with Crippen LogP contribution in [0.1, 0.15) is 56.3 Å². The Labute approximate surface area is 143 Å². The summed E-state index contributed by atoms with van der Waals surface area (Å²) in [5.41, 5.74) is 6.26. The molecule has 1 aliphatic rings. The first-order valence-corrected chi connectivity index (χ1v) is 8.58. The molecule has 3 rings (SSSR count). The van der Waals surface area contributed by atoms with Crippen LogP contribution in [-0.4, -0.2) is 11.2 Å². The number of hydrogen-bond acceptors (Lipinski definition) is 1. The lowest BCUT2D eigenvalue weighted by Crippen LogP contribution is -2.29. The molecule has 0 radical (unpaired) electrons. The molecule has 0 saturated carbocycles. The zero-order valence-corrected chi connectivity index (χ0v) is 14.6. The number of nitrogens with one attached hydrogen (secondary N) is 1. The van der Waals surface area contributed by atoms with Gasteiger partial charge in [-0.3, -0.25) is 0 Å². The predicted octanol–water partition coefficient (Wildman–Crippen LogP) is 5.30. The van der Waals surface area contributed by atoms with Crippen LogP contribution in [0.3, 0.4) is 0 Å². The Morgan fingerprint density at radius 1 is 1.12 bits per heavy atom. The van der Waals surface area contributed by atoms with E-state index in [0.29, 0.717) is 0 Å². The Morgan fingerprint density at radius 3 is 2.58 bits per heavy atom. The average Bonchev–Trinajstić information content (AvgIpc) is 2.53. The van der Waals surface area contributed by atoms with E-state index in [-0.39, 0.29) is 11.5 Å². The van der Waals surface area contributed by atoms with Crippen LogP contribution in [0.4, 0.5) is 4.79 Å². The molecular weight excluding hydrogens is 298 g/mol. The summed E-state index contributed by atoms with van der Waals surface area (Å²) in [6.45, 7) is 6.67. The molecule has 1 unspecified atom stereocenters. The van der Waals surface area contributed by atoms with Crippen molar-refractivity contribution < 1.29 is 9.90 Å². The van der Waals surface area contributed by atoms with Crippen molar-refractivity contribution in [3.8, 4) is 11.1 Å². The van der Waals surface area contributed by atoms with Gasteiger partial charge < -0.3 is 10.4 Å². The van der Waals surface area contributed by atoms with Gasteiger partial charge in [-0.15, -0.1) is 0 Å². The number of rotatable bonds is 2. The second-order valence-electron chi connectivity index (χ2n) is 7.64. The Morgan fingerprint density at radius 2 is 1.88 bits per heavy atom. The summed E-state index contributed by atoms with van der Waals surface area (Å²) in [4.78, 5) is 11.0. The molecule has 0 spiro atoms. The highest BCUT2D eigenvalue weighted by atomic mass is 16.4. The highest BCUT2D eigenvalue weighted by Gasteiger charge is 2.22. The van der Waals surface area contributed by atoms with E-state index < -0.39 is 6.09 Å². The van der Waals surface area contributed by atoms with Gasteiger partial charge >= 0.3 is 6.09 Å². The number of fused-ring (bicyclic) bond motifs is 1. The molecule has 1 atom stereocenters. The van der Waals surface area contributed by atoms with Gasteiger partial charge in [0.2, 0.25) is 0 Å². The lowest BCUT2D eigenvalue weighted by atomic mass is 9.83. The average molecular weight is 323 g/mol. The molecule has 0 heterocycles. The van der Waals surface area contributed by atoms with Gasteiger partial charge in [0.1, 0.15) is 0 Å². The van der Waals surface area contributed by atoms with Crippen molar-refractivity contribution in [1.29, 1.82) is 0 Å². The smallest absolute Gasteiger partial charge is 0.405 e. The molecule has 3 nitrogen and oxygen atoms in total. The lowest BCUT2D eigenvalue weighted by Gasteiger charge is -2.26. The molecular formula is C21H25NO2. The van der Waals surface area contributed by atoms with Gasteiger partial charge in [-0.1, -0.05) is 63.2 Å². The molecule has 126 valence electrons. The zero-order chi connectivity index (χ0) is 17.3. The summed E-state index contributed by atoms with van der Waals surface area (Å²) < 4.78 is 0. The van der Waals surface area contributed by atoms with E-state index in [0.717, 1.165) is 24.8 Å². The maximum atomic E-state index is 11.0. The van der Waals surface area contributed by atoms with Crippen LogP contribution in [-0.2, 0) is 11.8 Å². The van der Waals surface area contributed by atoms with Crippen molar-refractivity contribution in [3.05, 3.63) is 59.2 Å². The monoisotopic (exact) mass is 323 g/mol. The molecule has 0 saturated heterocycles. The SMILES string of the molecule is CC(C)(C)c1cccc(-c2ccc3c(c2)CCCC3NC(=O)O)c1.